The van der Waals surface area contributed by atoms with Gasteiger partial charge in [0.1, 0.15) is 0 Å². The van der Waals surface area contributed by atoms with Crippen LogP contribution >= 0.6 is 11.8 Å². The van der Waals surface area contributed by atoms with Gasteiger partial charge in [-0.15, -0.1) is 11.8 Å². The number of hydrogen-bond donors (Lipinski definition) is 1. The summed E-state index contributed by atoms with van der Waals surface area (Å²) in [6.07, 6.45) is -4.39. The van der Waals surface area contributed by atoms with E-state index in [-0.39, 0.29) is 18.0 Å². The Kier molecular flexibility index (Phi) is 7.16. The molecule has 0 aliphatic heterocycles. The molecule has 0 aliphatic rings. The van der Waals surface area contributed by atoms with Crippen molar-refractivity contribution in [2.45, 2.75) is 18.9 Å². The largest absolute Gasteiger partial charge is 0.416 e. The smallest absolute Gasteiger partial charge is 0.344 e. The van der Waals surface area contributed by atoms with Gasteiger partial charge in [-0.1, -0.05) is 42.2 Å². The third-order valence-electron chi connectivity index (χ3n) is 3.55. The van der Waals surface area contributed by atoms with E-state index in [0.29, 0.717) is 5.75 Å². The second-order valence-corrected chi connectivity index (χ2v) is 6.56. The zero-order valence-electron chi connectivity index (χ0n) is 14.2. The van der Waals surface area contributed by atoms with E-state index in [1.165, 1.54) is 35.0 Å². The Morgan fingerprint density at radius 3 is 2.65 bits per heavy atom. The summed E-state index contributed by atoms with van der Waals surface area (Å²) >= 11 is 1.50. The number of rotatable bonds is 5. The van der Waals surface area contributed by atoms with Gasteiger partial charge in [0.25, 0.3) is 0 Å². The lowest BCUT2D eigenvalue weighted by molar-refractivity contribution is -0.137. The van der Waals surface area contributed by atoms with Gasteiger partial charge >= 0.3 is 6.18 Å². The molecule has 0 aromatic heterocycles. The van der Waals surface area contributed by atoms with Crippen molar-refractivity contribution in [1.82, 2.24) is 5.32 Å². The van der Waals surface area contributed by atoms with Crippen LogP contribution < -0.4 is 5.32 Å². The summed E-state index contributed by atoms with van der Waals surface area (Å²) in [4.78, 5) is 11.8. The normalized spacial score (nSPS) is 10.8. The van der Waals surface area contributed by atoms with Crippen molar-refractivity contribution in [3.05, 3.63) is 70.8 Å². The molecule has 0 aliphatic carbocycles. The highest BCUT2D eigenvalue weighted by molar-refractivity contribution is 7.99. The third-order valence-corrected chi connectivity index (χ3v) is 4.53. The van der Waals surface area contributed by atoms with E-state index in [9.17, 15) is 18.0 Å². The topological polar surface area (TPSA) is 29.1 Å². The highest BCUT2D eigenvalue weighted by Crippen LogP contribution is 2.29. The molecule has 136 valence electrons. The van der Waals surface area contributed by atoms with Crippen LogP contribution in [0.4, 0.5) is 13.2 Å². The molecule has 0 fully saturated rings. The first-order valence-corrected chi connectivity index (χ1v) is 9.07. The highest BCUT2D eigenvalue weighted by Gasteiger charge is 2.30. The first-order valence-electron chi connectivity index (χ1n) is 7.91. The van der Waals surface area contributed by atoms with Gasteiger partial charge in [-0.25, -0.2) is 0 Å². The van der Waals surface area contributed by atoms with Crippen LogP contribution in [-0.2, 0) is 16.7 Å². The van der Waals surface area contributed by atoms with E-state index in [1.807, 2.05) is 31.2 Å². The van der Waals surface area contributed by atoms with Crippen LogP contribution in [0.25, 0.3) is 0 Å². The molecule has 0 heterocycles. The van der Waals surface area contributed by atoms with E-state index >= 15 is 0 Å². The van der Waals surface area contributed by atoms with Crippen molar-refractivity contribution in [2.24, 2.45) is 0 Å². The van der Waals surface area contributed by atoms with Crippen molar-refractivity contribution >= 4 is 17.7 Å². The molecule has 6 heteroatoms. The molecule has 0 unspecified atom stereocenters. The van der Waals surface area contributed by atoms with Crippen LogP contribution in [0.15, 0.2) is 48.5 Å². The molecular formula is C20H18F3NOS. The van der Waals surface area contributed by atoms with Crippen molar-refractivity contribution < 1.29 is 18.0 Å². The van der Waals surface area contributed by atoms with Crippen molar-refractivity contribution in [1.29, 1.82) is 0 Å². The quantitative estimate of drug-likeness (QED) is 0.782. The van der Waals surface area contributed by atoms with Gasteiger partial charge in [0, 0.05) is 11.3 Å². The minimum absolute atomic E-state index is 0.0972. The first kappa shape index (κ1) is 19.9. The van der Waals surface area contributed by atoms with E-state index in [4.69, 9.17) is 0 Å². The molecule has 0 radical (unpaired) electrons. The number of halogens is 3. The molecule has 0 saturated heterocycles. The molecule has 1 amide bonds. The van der Waals surface area contributed by atoms with Gasteiger partial charge in [-0.2, -0.15) is 13.2 Å². The molecule has 26 heavy (non-hydrogen) atoms. The molecule has 0 spiro atoms. The molecule has 2 rings (SSSR count). The Morgan fingerprint density at radius 1 is 1.15 bits per heavy atom. The number of carbonyl (C=O) groups is 1. The maximum absolute atomic E-state index is 12.6. The number of thioether (sulfide) groups is 1. The standard InChI is InChI=1S/C20H18F3NOS/c1-15-6-2-3-9-17(15)13-26-14-19(25)24-11-5-8-16-7-4-10-18(12-16)20(21,22)23/h2-4,6-7,9-10,12H,11,13-14H2,1H3,(H,24,25). The van der Waals surface area contributed by atoms with Gasteiger partial charge in [-0.3, -0.25) is 4.79 Å². The van der Waals surface area contributed by atoms with Gasteiger partial charge in [0.15, 0.2) is 0 Å². The summed E-state index contributed by atoms with van der Waals surface area (Å²) in [6, 6.07) is 12.8. The summed E-state index contributed by atoms with van der Waals surface area (Å²) in [5.41, 5.74) is 1.91. The van der Waals surface area contributed by atoms with Crippen molar-refractivity contribution in [3.8, 4) is 11.8 Å². The van der Waals surface area contributed by atoms with Crippen LogP contribution in [0.1, 0.15) is 22.3 Å². The summed E-state index contributed by atoms with van der Waals surface area (Å²) in [6.45, 7) is 2.12. The number of amides is 1. The molecule has 0 bridgehead atoms. The number of nitrogens with one attached hydrogen (secondary N) is 1. The van der Waals surface area contributed by atoms with E-state index in [0.717, 1.165) is 17.9 Å². The summed E-state index contributed by atoms with van der Waals surface area (Å²) in [5, 5.41) is 2.64. The van der Waals surface area contributed by atoms with Crippen LogP contribution in [0.3, 0.4) is 0 Å². The van der Waals surface area contributed by atoms with Gasteiger partial charge in [-0.05, 0) is 36.2 Å². The second-order valence-electron chi connectivity index (χ2n) is 5.58. The fraction of sp³-hybridized carbons (Fsp3) is 0.250. The zero-order valence-corrected chi connectivity index (χ0v) is 15.0. The second kappa shape index (κ2) is 9.35. The van der Waals surface area contributed by atoms with Crippen molar-refractivity contribution in [2.75, 3.05) is 12.3 Å². The molecular weight excluding hydrogens is 359 g/mol. The van der Waals surface area contributed by atoms with E-state index < -0.39 is 11.7 Å². The van der Waals surface area contributed by atoms with Crippen LogP contribution in [0, 0.1) is 18.8 Å². The average molecular weight is 377 g/mol. The Balaban J connectivity index is 1.75. The Labute approximate surface area is 155 Å². The lowest BCUT2D eigenvalue weighted by Gasteiger charge is -2.06. The van der Waals surface area contributed by atoms with E-state index in [1.54, 1.807) is 0 Å². The lowest BCUT2D eigenvalue weighted by Crippen LogP contribution is -2.25. The molecule has 1 N–H and O–H groups in total. The molecule has 2 nitrogen and oxygen atoms in total. The third kappa shape index (κ3) is 6.49. The van der Waals surface area contributed by atoms with Crippen LogP contribution in [0.5, 0.6) is 0 Å². The number of hydrogen-bond acceptors (Lipinski definition) is 2. The zero-order chi connectivity index (χ0) is 19.0. The summed E-state index contributed by atoms with van der Waals surface area (Å²) in [5.74, 6) is 6.20. The molecule has 2 aromatic rings. The van der Waals surface area contributed by atoms with Gasteiger partial charge in [0.05, 0.1) is 17.9 Å². The Morgan fingerprint density at radius 2 is 1.92 bits per heavy atom. The monoisotopic (exact) mass is 377 g/mol. The predicted octanol–water partition coefficient (Wildman–Crippen LogP) is 4.41. The molecule has 0 saturated carbocycles. The number of alkyl halides is 3. The minimum atomic E-state index is -4.39. The maximum Gasteiger partial charge on any atom is 0.416 e. The fourth-order valence-corrected chi connectivity index (χ4v) is 3.07. The highest BCUT2D eigenvalue weighted by atomic mass is 32.2. The fourth-order valence-electron chi connectivity index (χ4n) is 2.14. The molecule has 0 atom stereocenters. The number of carbonyl (C=O) groups excluding carboxylic acids is 1. The lowest BCUT2D eigenvalue weighted by atomic mass is 10.1. The maximum atomic E-state index is 12.6. The van der Waals surface area contributed by atoms with Gasteiger partial charge < -0.3 is 5.32 Å². The minimum Gasteiger partial charge on any atom is -0.344 e. The first-order chi connectivity index (χ1) is 12.4. The van der Waals surface area contributed by atoms with Crippen molar-refractivity contribution in [3.63, 3.8) is 0 Å². The Bertz CT molecular complexity index is 822. The van der Waals surface area contributed by atoms with Crippen LogP contribution in [0.2, 0.25) is 0 Å². The molecule has 2 aromatic carbocycles. The predicted molar refractivity (Wildman–Crippen MR) is 98.7 cm³/mol. The van der Waals surface area contributed by atoms with E-state index in [2.05, 4.69) is 17.2 Å². The Hall–Kier alpha value is -2.39. The summed E-state index contributed by atoms with van der Waals surface area (Å²) in [7, 11) is 0. The average Bonchev–Trinajstić information content (AvgIpc) is 2.60. The number of benzene rings is 2. The van der Waals surface area contributed by atoms with Crippen LogP contribution in [-0.4, -0.2) is 18.2 Å². The number of aryl methyl sites for hydroxylation is 1. The van der Waals surface area contributed by atoms with Gasteiger partial charge in [0.2, 0.25) is 5.91 Å². The SMILES string of the molecule is Cc1ccccc1CSCC(=O)NCC#Cc1cccc(C(F)(F)F)c1. The summed E-state index contributed by atoms with van der Waals surface area (Å²) < 4.78 is 37.9.